The van der Waals surface area contributed by atoms with Gasteiger partial charge in [0, 0.05) is 0 Å². The summed E-state index contributed by atoms with van der Waals surface area (Å²) >= 11 is 0. The van der Waals surface area contributed by atoms with Gasteiger partial charge < -0.3 is 11.1 Å². The molecule has 0 aromatic carbocycles. The van der Waals surface area contributed by atoms with E-state index >= 15 is 0 Å². The van der Waals surface area contributed by atoms with Crippen LogP contribution in [0.5, 0.6) is 0 Å². The molecule has 0 aromatic rings. The standard InChI is InChI=1S/C7H13N3/c8-4-7(9)3-6-1-2-10-5-6/h6-7,10H,1-3,5,9H2/t6-,7-/m1/s1. The first-order chi connectivity index (χ1) is 4.83. The van der Waals surface area contributed by atoms with Gasteiger partial charge in [-0.25, -0.2) is 0 Å². The first-order valence-electron chi connectivity index (χ1n) is 3.69. The summed E-state index contributed by atoms with van der Waals surface area (Å²) in [5, 5.41) is 11.6. The van der Waals surface area contributed by atoms with Gasteiger partial charge in [-0.15, -0.1) is 0 Å². The number of nitriles is 1. The zero-order valence-electron chi connectivity index (χ0n) is 6.01. The van der Waals surface area contributed by atoms with Gasteiger partial charge in [0.1, 0.15) is 0 Å². The summed E-state index contributed by atoms with van der Waals surface area (Å²) in [6.07, 6.45) is 2.03. The van der Waals surface area contributed by atoms with Crippen molar-refractivity contribution in [1.29, 1.82) is 5.26 Å². The third-order valence-electron chi connectivity index (χ3n) is 1.92. The Morgan fingerprint density at radius 1 is 1.80 bits per heavy atom. The van der Waals surface area contributed by atoms with Crippen molar-refractivity contribution in [2.45, 2.75) is 18.9 Å². The third-order valence-corrected chi connectivity index (χ3v) is 1.92. The molecule has 3 heteroatoms. The Balaban J connectivity index is 2.19. The molecule has 0 aliphatic carbocycles. The number of hydrogen-bond donors (Lipinski definition) is 2. The van der Waals surface area contributed by atoms with Crippen molar-refractivity contribution >= 4 is 0 Å². The van der Waals surface area contributed by atoms with Crippen molar-refractivity contribution in [2.24, 2.45) is 11.7 Å². The van der Waals surface area contributed by atoms with Crippen LogP contribution in [0.1, 0.15) is 12.8 Å². The van der Waals surface area contributed by atoms with Crippen molar-refractivity contribution in [3.8, 4) is 6.07 Å². The lowest BCUT2D eigenvalue weighted by molar-refractivity contribution is 0.506. The number of nitrogens with two attached hydrogens (primary N) is 1. The summed E-state index contributed by atoms with van der Waals surface area (Å²) in [4.78, 5) is 0. The minimum absolute atomic E-state index is 0.259. The van der Waals surface area contributed by atoms with Crippen LogP contribution in [0, 0.1) is 17.2 Å². The number of nitrogens with zero attached hydrogens (tertiary/aromatic N) is 1. The molecule has 1 heterocycles. The summed E-state index contributed by atoms with van der Waals surface area (Å²) in [6, 6.07) is 1.78. The second-order valence-corrected chi connectivity index (χ2v) is 2.83. The highest BCUT2D eigenvalue weighted by Gasteiger charge is 2.16. The predicted octanol–water partition coefficient (Wildman–Crippen LogP) is -0.163. The Hall–Kier alpha value is -0.590. The van der Waals surface area contributed by atoms with E-state index in [-0.39, 0.29) is 6.04 Å². The average molecular weight is 139 g/mol. The molecular weight excluding hydrogens is 126 g/mol. The molecular formula is C7H13N3. The number of hydrogen-bond acceptors (Lipinski definition) is 3. The lowest BCUT2D eigenvalue weighted by Gasteiger charge is -2.07. The van der Waals surface area contributed by atoms with Crippen molar-refractivity contribution in [3.05, 3.63) is 0 Å². The smallest absolute Gasteiger partial charge is 0.0931 e. The van der Waals surface area contributed by atoms with Gasteiger partial charge in [0.25, 0.3) is 0 Å². The van der Waals surface area contributed by atoms with E-state index < -0.39 is 0 Å². The molecule has 1 fully saturated rings. The third kappa shape index (κ3) is 1.98. The molecule has 3 nitrogen and oxygen atoms in total. The molecule has 0 radical (unpaired) electrons. The molecule has 0 aromatic heterocycles. The van der Waals surface area contributed by atoms with Crippen LogP contribution in [0.4, 0.5) is 0 Å². The maximum atomic E-state index is 8.40. The highest BCUT2D eigenvalue weighted by molar-refractivity contribution is 4.89. The SMILES string of the molecule is N#C[C@H](N)C[C@H]1CCNC1. The van der Waals surface area contributed by atoms with Crippen LogP contribution in [-0.2, 0) is 0 Å². The summed E-state index contributed by atoms with van der Waals surface area (Å²) in [5.41, 5.74) is 5.46. The van der Waals surface area contributed by atoms with Crippen LogP contribution in [-0.4, -0.2) is 19.1 Å². The predicted molar refractivity (Wildman–Crippen MR) is 39.2 cm³/mol. The molecule has 1 saturated heterocycles. The Morgan fingerprint density at radius 2 is 2.60 bits per heavy atom. The van der Waals surface area contributed by atoms with E-state index in [0.29, 0.717) is 5.92 Å². The number of rotatable bonds is 2. The van der Waals surface area contributed by atoms with Crippen molar-refractivity contribution in [1.82, 2.24) is 5.32 Å². The molecule has 56 valence electrons. The van der Waals surface area contributed by atoms with Crippen molar-refractivity contribution < 1.29 is 0 Å². The van der Waals surface area contributed by atoms with Crippen LogP contribution in [0.25, 0.3) is 0 Å². The van der Waals surface area contributed by atoms with Crippen LogP contribution in [0.15, 0.2) is 0 Å². The van der Waals surface area contributed by atoms with Crippen molar-refractivity contribution in [2.75, 3.05) is 13.1 Å². The fourth-order valence-corrected chi connectivity index (χ4v) is 1.33. The Morgan fingerprint density at radius 3 is 3.10 bits per heavy atom. The van der Waals surface area contributed by atoms with Gasteiger partial charge in [-0.05, 0) is 31.8 Å². The highest BCUT2D eigenvalue weighted by Crippen LogP contribution is 2.12. The Labute approximate surface area is 61.2 Å². The van der Waals surface area contributed by atoms with E-state index in [1.807, 2.05) is 6.07 Å². The summed E-state index contributed by atoms with van der Waals surface area (Å²) in [6.45, 7) is 2.12. The topological polar surface area (TPSA) is 61.8 Å². The lowest BCUT2D eigenvalue weighted by atomic mass is 10.0. The van der Waals surface area contributed by atoms with Crippen LogP contribution < -0.4 is 11.1 Å². The van der Waals surface area contributed by atoms with E-state index in [9.17, 15) is 0 Å². The van der Waals surface area contributed by atoms with Gasteiger partial charge in [-0.3, -0.25) is 0 Å². The second-order valence-electron chi connectivity index (χ2n) is 2.83. The monoisotopic (exact) mass is 139 g/mol. The lowest BCUT2D eigenvalue weighted by Crippen LogP contribution is -2.22. The second kappa shape index (κ2) is 3.55. The van der Waals surface area contributed by atoms with E-state index in [1.54, 1.807) is 0 Å². The van der Waals surface area contributed by atoms with Gasteiger partial charge in [-0.2, -0.15) is 5.26 Å². The molecule has 0 saturated carbocycles. The zero-order valence-corrected chi connectivity index (χ0v) is 6.01. The summed E-state index contributed by atoms with van der Waals surface area (Å²) in [5.74, 6) is 0.634. The molecule has 0 unspecified atom stereocenters. The molecule has 0 spiro atoms. The average Bonchev–Trinajstić information content (AvgIpc) is 2.40. The molecule has 0 bridgehead atoms. The molecule has 3 N–H and O–H groups in total. The van der Waals surface area contributed by atoms with Gasteiger partial charge >= 0.3 is 0 Å². The minimum atomic E-state index is -0.259. The maximum Gasteiger partial charge on any atom is 0.0931 e. The van der Waals surface area contributed by atoms with Crippen molar-refractivity contribution in [3.63, 3.8) is 0 Å². The van der Waals surface area contributed by atoms with E-state index in [4.69, 9.17) is 11.0 Å². The van der Waals surface area contributed by atoms with Crippen LogP contribution in [0.2, 0.25) is 0 Å². The van der Waals surface area contributed by atoms with Crippen LogP contribution in [0.3, 0.4) is 0 Å². The molecule has 10 heavy (non-hydrogen) atoms. The minimum Gasteiger partial charge on any atom is -0.316 e. The fraction of sp³-hybridized carbons (Fsp3) is 0.857. The van der Waals surface area contributed by atoms with E-state index in [2.05, 4.69) is 5.32 Å². The normalized spacial score (nSPS) is 27.8. The summed E-state index contributed by atoms with van der Waals surface area (Å²) < 4.78 is 0. The van der Waals surface area contributed by atoms with E-state index in [1.165, 1.54) is 6.42 Å². The Kier molecular flexibility index (Phi) is 2.67. The quantitative estimate of drug-likeness (QED) is 0.558. The van der Waals surface area contributed by atoms with Gasteiger partial charge in [-0.1, -0.05) is 0 Å². The molecule has 1 aliphatic heterocycles. The van der Waals surface area contributed by atoms with Gasteiger partial charge in [0.05, 0.1) is 12.1 Å². The molecule has 1 rings (SSSR count). The van der Waals surface area contributed by atoms with E-state index in [0.717, 1.165) is 19.5 Å². The van der Waals surface area contributed by atoms with Gasteiger partial charge in [0.2, 0.25) is 0 Å². The first-order valence-corrected chi connectivity index (χ1v) is 3.69. The first kappa shape index (κ1) is 7.52. The maximum absolute atomic E-state index is 8.40. The van der Waals surface area contributed by atoms with Gasteiger partial charge in [0.15, 0.2) is 0 Å². The highest BCUT2D eigenvalue weighted by atomic mass is 14.9. The molecule has 2 atom stereocenters. The number of nitrogens with one attached hydrogen (secondary N) is 1. The Bertz CT molecular complexity index is 132. The summed E-state index contributed by atoms with van der Waals surface area (Å²) in [7, 11) is 0. The van der Waals surface area contributed by atoms with Crippen LogP contribution >= 0.6 is 0 Å². The molecule has 0 amide bonds. The zero-order chi connectivity index (χ0) is 7.40. The molecule has 1 aliphatic rings. The fourth-order valence-electron chi connectivity index (χ4n) is 1.33. The largest absolute Gasteiger partial charge is 0.316 e.